The van der Waals surface area contributed by atoms with Crippen LogP contribution in [0.2, 0.25) is 0 Å². The summed E-state index contributed by atoms with van der Waals surface area (Å²) in [7, 11) is 2.04. The Hall–Kier alpha value is -0.320. The average Bonchev–Trinajstić information content (AvgIpc) is 2.32. The first kappa shape index (κ1) is 13.1. The van der Waals surface area contributed by atoms with Crippen molar-refractivity contribution >= 4 is 33.5 Å². The Bertz CT molecular complexity index is 410. The van der Waals surface area contributed by atoms with Gasteiger partial charge in [-0.05, 0) is 18.7 Å². The second kappa shape index (κ2) is 6.03. The molecule has 1 aromatic carbocycles. The smallest absolute Gasteiger partial charge is 0.155 e. The third kappa shape index (κ3) is 3.33. The molecule has 0 aromatic heterocycles. The largest absolute Gasteiger partial charge is 0.298 e. The molecule has 1 unspecified atom stereocenters. The zero-order valence-electron chi connectivity index (χ0n) is 9.86. The molecule has 92 valence electrons. The summed E-state index contributed by atoms with van der Waals surface area (Å²) in [6, 6.07) is 8.04. The van der Waals surface area contributed by atoms with Gasteiger partial charge in [0.2, 0.25) is 0 Å². The van der Waals surface area contributed by atoms with Gasteiger partial charge in [0.05, 0.1) is 6.04 Å². The molecule has 1 saturated heterocycles. The van der Waals surface area contributed by atoms with Crippen LogP contribution in [-0.2, 0) is 11.2 Å². The molecule has 0 amide bonds. The number of thioether (sulfide) groups is 1. The van der Waals surface area contributed by atoms with E-state index in [-0.39, 0.29) is 6.04 Å². The Morgan fingerprint density at radius 3 is 3.00 bits per heavy atom. The summed E-state index contributed by atoms with van der Waals surface area (Å²) in [5.41, 5.74) is 1.08. The molecule has 0 saturated carbocycles. The number of hydrogen-bond acceptors (Lipinski definition) is 3. The van der Waals surface area contributed by atoms with E-state index < -0.39 is 0 Å². The van der Waals surface area contributed by atoms with E-state index in [4.69, 9.17) is 0 Å². The fourth-order valence-electron chi connectivity index (χ4n) is 1.97. The van der Waals surface area contributed by atoms with Crippen molar-refractivity contribution in [2.45, 2.75) is 12.5 Å². The van der Waals surface area contributed by atoms with Crippen molar-refractivity contribution < 1.29 is 4.79 Å². The minimum absolute atomic E-state index is 0.0841. The van der Waals surface area contributed by atoms with Crippen molar-refractivity contribution in [2.24, 2.45) is 0 Å². The van der Waals surface area contributed by atoms with Gasteiger partial charge in [0, 0.05) is 28.9 Å². The van der Waals surface area contributed by atoms with Crippen molar-refractivity contribution in [3.8, 4) is 0 Å². The molecule has 0 radical (unpaired) electrons. The molecule has 17 heavy (non-hydrogen) atoms. The molecule has 1 heterocycles. The van der Waals surface area contributed by atoms with E-state index in [2.05, 4.69) is 20.8 Å². The number of rotatable bonds is 3. The molecule has 0 N–H and O–H groups in total. The Morgan fingerprint density at radius 1 is 1.53 bits per heavy atom. The number of carbonyl (C=O) groups excluding carboxylic acids is 1. The maximum absolute atomic E-state index is 12.3. The summed E-state index contributed by atoms with van der Waals surface area (Å²) in [5, 5.41) is 0. The molecule has 0 bridgehead atoms. The van der Waals surface area contributed by atoms with Crippen molar-refractivity contribution in [2.75, 3.05) is 25.1 Å². The highest BCUT2D eigenvalue weighted by Gasteiger charge is 2.26. The second-order valence-electron chi connectivity index (χ2n) is 4.31. The van der Waals surface area contributed by atoms with Crippen molar-refractivity contribution in [1.82, 2.24) is 4.90 Å². The van der Waals surface area contributed by atoms with Gasteiger partial charge in [-0.15, -0.1) is 0 Å². The molecule has 4 heteroatoms. The molecule has 1 aromatic rings. The lowest BCUT2D eigenvalue weighted by atomic mass is 10.0. The second-order valence-corrected chi connectivity index (χ2v) is 6.31. The van der Waals surface area contributed by atoms with Gasteiger partial charge in [-0.3, -0.25) is 9.69 Å². The highest BCUT2D eigenvalue weighted by molar-refractivity contribution is 9.10. The number of Topliss-reactive ketones (excluding diaryl/α,β-unsaturated/α-hetero) is 1. The minimum atomic E-state index is 0.0841. The molecule has 1 atom stereocenters. The molecule has 2 nitrogen and oxygen atoms in total. The van der Waals surface area contributed by atoms with Gasteiger partial charge < -0.3 is 0 Å². The van der Waals surface area contributed by atoms with E-state index in [1.54, 1.807) is 0 Å². The monoisotopic (exact) mass is 313 g/mol. The molecule has 1 fully saturated rings. The third-order valence-electron chi connectivity index (χ3n) is 3.09. The molecule has 0 aliphatic carbocycles. The Balaban J connectivity index is 2.03. The Morgan fingerprint density at radius 2 is 2.29 bits per heavy atom. The summed E-state index contributed by atoms with van der Waals surface area (Å²) >= 11 is 5.37. The fourth-order valence-corrected chi connectivity index (χ4v) is 3.64. The molecule has 1 aliphatic heterocycles. The first-order chi connectivity index (χ1) is 8.18. The van der Waals surface area contributed by atoms with Crippen LogP contribution in [0.25, 0.3) is 0 Å². The number of likely N-dealkylation sites (N-methyl/N-ethyl adjacent to an activating group) is 1. The first-order valence-corrected chi connectivity index (χ1v) is 7.67. The van der Waals surface area contributed by atoms with Crippen molar-refractivity contribution in [1.29, 1.82) is 0 Å². The molecule has 2 rings (SSSR count). The number of ketones is 1. The van der Waals surface area contributed by atoms with E-state index in [1.165, 1.54) is 0 Å². The molecule has 1 aliphatic rings. The van der Waals surface area contributed by atoms with Gasteiger partial charge in [0.1, 0.15) is 0 Å². The van der Waals surface area contributed by atoms with E-state index in [1.807, 2.05) is 43.1 Å². The maximum Gasteiger partial charge on any atom is 0.155 e. The average molecular weight is 314 g/mol. The predicted octanol–water partition coefficient (Wildman–Crippen LogP) is 2.61. The van der Waals surface area contributed by atoms with Crippen LogP contribution in [0.15, 0.2) is 28.7 Å². The van der Waals surface area contributed by atoms with Gasteiger partial charge in [-0.1, -0.05) is 34.1 Å². The van der Waals surface area contributed by atoms with Crippen molar-refractivity contribution in [3.63, 3.8) is 0 Å². The van der Waals surface area contributed by atoms with E-state index in [9.17, 15) is 4.79 Å². The number of carbonyl (C=O) groups is 1. The lowest BCUT2D eigenvalue weighted by Crippen LogP contribution is -2.45. The normalized spacial score (nSPS) is 21.4. The summed E-state index contributed by atoms with van der Waals surface area (Å²) in [4.78, 5) is 14.4. The first-order valence-electron chi connectivity index (χ1n) is 5.72. The number of hydrogen-bond donors (Lipinski definition) is 0. The van der Waals surface area contributed by atoms with Crippen LogP contribution in [0, 0.1) is 0 Å². The van der Waals surface area contributed by atoms with Gasteiger partial charge in [0.25, 0.3) is 0 Å². The zero-order valence-corrected chi connectivity index (χ0v) is 12.3. The van der Waals surface area contributed by atoms with Crippen LogP contribution in [0.5, 0.6) is 0 Å². The minimum Gasteiger partial charge on any atom is -0.298 e. The quantitative estimate of drug-likeness (QED) is 0.855. The lowest BCUT2D eigenvalue weighted by Gasteiger charge is -2.30. The number of benzene rings is 1. The van der Waals surface area contributed by atoms with Gasteiger partial charge >= 0.3 is 0 Å². The van der Waals surface area contributed by atoms with Gasteiger partial charge in [-0.2, -0.15) is 11.8 Å². The topological polar surface area (TPSA) is 20.3 Å². The van der Waals surface area contributed by atoms with Crippen LogP contribution in [0.4, 0.5) is 0 Å². The molecule has 0 spiro atoms. The van der Waals surface area contributed by atoms with Crippen LogP contribution in [0.3, 0.4) is 0 Å². The van der Waals surface area contributed by atoms with Crippen LogP contribution in [-0.4, -0.2) is 41.8 Å². The summed E-state index contributed by atoms with van der Waals surface area (Å²) in [6.45, 7) is 1.01. The number of halogens is 1. The van der Waals surface area contributed by atoms with Crippen LogP contribution in [0.1, 0.15) is 5.56 Å². The number of nitrogens with zero attached hydrogens (tertiary/aromatic N) is 1. The Kier molecular flexibility index (Phi) is 4.65. The van der Waals surface area contributed by atoms with E-state index in [0.29, 0.717) is 12.2 Å². The SMILES string of the molecule is CN1CCSCC1C(=O)Cc1ccccc1Br. The lowest BCUT2D eigenvalue weighted by molar-refractivity contribution is -0.122. The zero-order chi connectivity index (χ0) is 12.3. The van der Waals surface area contributed by atoms with Crippen LogP contribution >= 0.6 is 27.7 Å². The van der Waals surface area contributed by atoms with Gasteiger partial charge in [0.15, 0.2) is 5.78 Å². The summed E-state index contributed by atoms with van der Waals surface area (Å²) < 4.78 is 1.03. The van der Waals surface area contributed by atoms with Crippen LogP contribution < -0.4 is 0 Å². The Labute approximate surface area is 115 Å². The molecular weight excluding hydrogens is 298 g/mol. The highest BCUT2D eigenvalue weighted by Crippen LogP contribution is 2.20. The van der Waals surface area contributed by atoms with E-state index >= 15 is 0 Å². The highest BCUT2D eigenvalue weighted by atomic mass is 79.9. The van der Waals surface area contributed by atoms with Crippen molar-refractivity contribution in [3.05, 3.63) is 34.3 Å². The standard InChI is InChI=1S/C13H16BrNOS/c1-15-6-7-17-9-12(15)13(16)8-10-4-2-3-5-11(10)14/h2-5,12H,6-9H2,1H3. The maximum atomic E-state index is 12.3. The third-order valence-corrected chi connectivity index (χ3v) is 4.89. The van der Waals surface area contributed by atoms with E-state index in [0.717, 1.165) is 28.1 Å². The molecular formula is C13H16BrNOS. The fraction of sp³-hybridized carbons (Fsp3) is 0.462. The predicted molar refractivity (Wildman–Crippen MR) is 76.6 cm³/mol. The van der Waals surface area contributed by atoms with Gasteiger partial charge in [-0.25, -0.2) is 0 Å². The summed E-state index contributed by atoms with van der Waals surface area (Å²) in [5.74, 6) is 2.39. The summed E-state index contributed by atoms with van der Waals surface area (Å²) in [6.07, 6.45) is 0.525.